The van der Waals surface area contributed by atoms with Crippen molar-refractivity contribution in [2.45, 2.75) is 58.6 Å². The number of ether oxygens (including phenoxy) is 1. The lowest BCUT2D eigenvalue weighted by Crippen LogP contribution is -2.54. The van der Waals surface area contributed by atoms with E-state index in [9.17, 15) is 18.7 Å². The van der Waals surface area contributed by atoms with E-state index in [1.807, 2.05) is 13.8 Å². The molecule has 2 N–H and O–H groups in total. The molecular weight excluding hydrogens is 456 g/mol. The number of unbranched alkanes of at least 4 members (excludes halogenated alkanes) is 1. The summed E-state index contributed by atoms with van der Waals surface area (Å²) < 4.78 is 35.5. The zero-order chi connectivity index (χ0) is 25.5. The fourth-order valence-corrected chi connectivity index (χ4v) is 4.59. The van der Waals surface area contributed by atoms with Gasteiger partial charge in [0.15, 0.2) is 17.3 Å². The molecule has 2 heterocycles. The molecule has 10 heteroatoms. The highest BCUT2D eigenvalue weighted by Gasteiger charge is 2.35. The minimum Gasteiger partial charge on any atom is -0.393 e. The molecule has 0 radical (unpaired) electrons. The topological polar surface area (TPSA) is 92.5 Å². The number of methoxy groups -OCH3 is 1. The second-order valence-corrected chi connectivity index (χ2v) is 9.72. The van der Waals surface area contributed by atoms with Crippen LogP contribution in [0.5, 0.6) is 0 Å². The Morgan fingerprint density at radius 1 is 1.26 bits per heavy atom. The predicted octanol–water partition coefficient (Wildman–Crippen LogP) is 2.97. The van der Waals surface area contributed by atoms with Gasteiger partial charge in [0.25, 0.3) is 5.91 Å². The summed E-state index contributed by atoms with van der Waals surface area (Å²) >= 11 is 0. The number of nitrogens with one attached hydrogen (secondary N) is 1. The first-order valence-electron chi connectivity index (χ1n) is 12.3. The van der Waals surface area contributed by atoms with Crippen molar-refractivity contribution in [3.05, 3.63) is 41.2 Å². The number of para-hydroxylation sites is 1. The summed E-state index contributed by atoms with van der Waals surface area (Å²) in [7, 11) is 1.61. The van der Waals surface area contributed by atoms with Crippen LogP contribution >= 0.6 is 0 Å². The van der Waals surface area contributed by atoms with Gasteiger partial charge in [-0.1, -0.05) is 25.1 Å². The number of aliphatic hydroxyl groups excluding tert-OH is 1. The lowest BCUT2D eigenvalue weighted by atomic mass is 9.90. The molecule has 3 atom stereocenters. The van der Waals surface area contributed by atoms with Gasteiger partial charge in [-0.2, -0.15) is 0 Å². The zero-order valence-corrected chi connectivity index (χ0v) is 21.0. The monoisotopic (exact) mass is 493 g/mol. The normalized spacial score (nSPS) is 19.2. The molecule has 194 valence electrons. The Morgan fingerprint density at radius 2 is 1.97 bits per heavy atom. The molecule has 3 rings (SSSR count). The molecule has 0 spiro atoms. The molecule has 1 aliphatic heterocycles. The maximum absolute atomic E-state index is 14.6. The molecule has 1 aromatic heterocycles. The van der Waals surface area contributed by atoms with Crippen molar-refractivity contribution in [1.82, 2.24) is 25.2 Å². The number of aromatic nitrogens is 3. The van der Waals surface area contributed by atoms with E-state index in [0.29, 0.717) is 57.6 Å². The molecule has 1 aromatic carbocycles. The maximum atomic E-state index is 14.6. The van der Waals surface area contributed by atoms with Crippen LogP contribution in [-0.2, 0) is 11.2 Å². The molecule has 1 aliphatic rings. The number of benzene rings is 1. The minimum absolute atomic E-state index is 0.0212. The van der Waals surface area contributed by atoms with E-state index in [2.05, 4.69) is 15.6 Å². The van der Waals surface area contributed by atoms with Gasteiger partial charge < -0.3 is 20.1 Å². The fraction of sp³-hybridized carbons (Fsp3) is 0.640. The smallest absolute Gasteiger partial charge is 0.276 e. The first-order chi connectivity index (χ1) is 16.7. The number of hydrogen-bond donors (Lipinski definition) is 2. The van der Waals surface area contributed by atoms with Crippen molar-refractivity contribution in [3.63, 3.8) is 0 Å². The molecule has 0 aliphatic carbocycles. The number of rotatable bonds is 11. The number of nitrogens with zero attached hydrogens (tertiary/aromatic N) is 4. The van der Waals surface area contributed by atoms with E-state index in [0.717, 1.165) is 16.8 Å². The van der Waals surface area contributed by atoms with Crippen LogP contribution in [0.1, 0.15) is 56.2 Å². The standard InChI is InChI=1S/C25H37F2N5O3/c1-16(2)15-31(19-12-18(17(3)33)13-28-14-19)25(34)23-22(10-5-6-11-35-4)32(30-29-23)24-20(26)8-7-9-21(24)27/h7-9,16-19,28,33H,5-6,10-15H2,1-4H3/t17?,18-,19+/m1/s1. The van der Waals surface area contributed by atoms with Gasteiger partial charge in [-0.15, -0.1) is 5.10 Å². The van der Waals surface area contributed by atoms with Crippen molar-refractivity contribution >= 4 is 5.91 Å². The Morgan fingerprint density at radius 3 is 2.60 bits per heavy atom. The van der Waals surface area contributed by atoms with Gasteiger partial charge in [-0.05, 0) is 56.6 Å². The number of amides is 1. The van der Waals surface area contributed by atoms with Crippen LogP contribution < -0.4 is 5.32 Å². The van der Waals surface area contributed by atoms with Gasteiger partial charge in [0.05, 0.1) is 11.8 Å². The number of carbonyl (C=O) groups excluding carboxylic acids is 1. The zero-order valence-electron chi connectivity index (χ0n) is 21.0. The molecular formula is C25H37F2N5O3. The Hall–Kier alpha value is -2.43. The molecule has 1 amide bonds. The lowest BCUT2D eigenvalue weighted by Gasteiger charge is -2.39. The van der Waals surface area contributed by atoms with E-state index in [-0.39, 0.29) is 35.2 Å². The molecule has 1 fully saturated rings. The third-order valence-electron chi connectivity index (χ3n) is 6.43. The number of halogens is 2. The van der Waals surface area contributed by atoms with Gasteiger partial charge in [0.1, 0.15) is 5.69 Å². The van der Waals surface area contributed by atoms with Crippen molar-refractivity contribution in [2.24, 2.45) is 11.8 Å². The summed E-state index contributed by atoms with van der Waals surface area (Å²) in [4.78, 5) is 15.7. The van der Waals surface area contributed by atoms with Crippen LogP contribution in [0.3, 0.4) is 0 Å². The number of hydrogen-bond acceptors (Lipinski definition) is 6. The van der Waals surface area contributed by atoms with Crippen molar-refractivity contribution < 1.29 is 23.4 Å². The van der Waals surface area contributed by atoms with E-state index in [1.54, 1.807) is 18.9 Å². The van der Waals surface area contributed by atoms with Crippen molar-refractivity contribution in [1.29, 1.82) is 0 Å². The van der Waals surface area contributed by atoms with E-state index in [4.69, 9.17) is 4.74 Å². The second-order valence-electron chi connectivity index (χ2n) is 9.72. The fourth-order valence-electron chi connectivity index (χ4n) is 4.59. The summed E-state index contributed by atoms with van der Waals surface area (Å²) in [5.41, 5.74) is 0.134. The first kappa shape index (κ1) is 27.2. The van der Waals surface area contributed by atoms with Crippen LogP contribution in [0, 0.1) is 23.5 Å². The first-order valence-corrected chi connectivity index (χ1v) is 12.3. The highest BCUT2D eigenvalue weighted by atomic mass is 19.1. The largest absolute Gasteiger partial charge is 0.393 e. The average molecular weight is 494 g/mol. The van der Waals surface area contributed by atoms with E-state index < -0.39 is 17.7 Å². The molecule has 8 nitrogen and oxygen atoms in total. The van der Waals surface area contributed by atoms with Gasteiger partial charge in [-0.3, -0.25) is 4.79 Å². The minimum atomic E-state index is -0.776. The van der Waals surface area contributed by atoms with Crippen LogP contribution in [0.25, 0.3) is 5.69 Å². The molecule has 1 unspecified atom stereocenters. The Kier molecular flexibility index (Phi) is 9.71. The molecule has 0 saturated carbocycles. The number of piperidine rings is 1. The molecule has 1 saturated heterocycles. The van der Waals surface area contributed by atoms with Gasteiger partial charge in [-0.25, -0.2) is 13.5 Å². The Bertz CT molecular complexity index is 962. The summed E-state index contributed by atoms with van der Waals surface area (Å²) in [5, 5.41) is 21.6. The van der Waals surface area contributed by atoms with Gasteiger partial charge in [0.2, 0.25) is 0 Å². The average Bonchev–Trinajstić information content (AvgIpc) is 3.23. The summed E-state index contributed by atoms with van der Waals surface area (Å²) in [6.45, 7) is 8.12. The summed E-state index contributed by atoms with van der Waals surface area (Å²) in [5.74, 6) is -1.66. The van der Waals surface area contributed by atoms with Gasteiger partial charge >= 0.3 is 0 Å². The predicted molar refractivity (Wildman–Crippen MR) is 128 cm³/mol. The molecule has 35 heavy (non-hydrogen) atoms. The Labute approximate surface area is 205 Å². The third kappa shape index (κ3) is 6.62. The van der Waals surface area contributed by atoms with E-state index in [1.165, 1.54) is 6.07 Å². The van der Waals surface area contributed by atoms with Crippen molar-refractivity contribution in [3.8, 4) is 5.69 Å². The molecule has 2 aromatic rings. The number of aliphatic hydroxyl groups is 1. The number of carbonyl (C=O) groups is 1. The quantitative estimate of drug-likeness (QED) is 0.468. The highest BCUT2D eigenvalue weighted by molar-refractivity contribution is 5.93. The summed E-state index contributed by atoms with van der Waals surface area (Å²) in [6, 6.07) is 3.46. The van der Waals surface area contributed by atoms with Crippen LogP contribution in [-0.4, -0.2) is 76.4 Å². The van der Waals surface area contributed by atoms with E-state index >= 15 is 0 Å². The van der Waals surface area contributed by atoms with Crippen molar-refractivity contribution in [2.75, 3.05) is 33.4 Å². The SMILES string of the molecule is COCCCCc1c(C(=O)N(CC(C)C)[C@@H]2CNC[C@H](C(C)O)C2)nnn1-c1c(F)cccc1F. The van der Waals surface area contributed by atoms with Crippen LogP contribution in [0.2, 0.25) is 0 Å². The van der Waals surface area contributed by atoms with Gasteiger partial charge in [0, 0.05) is 39.4 Å². The van der Waals surface area contributed by atoms with Crippen LogP contribution in [0.15, 0.2) is 18.2 Å². The lowest BCUT2D eigenvalue weighted by molar-refractivity contribution is 0.0443. The molecule has 0 bridgehead atoms. The summed E-state index contributed by atoms with van der Waals surface area (Å²) in [6.07, 6.45) is 1.87. The highest BCUT2D eigenvalue weighted by Crippen LogP contribution is 2.25. The van der Waals surface area contributed by atoms with Crippen LogP contribution in [0.4, 0.5) is 8.78 Å². The Balaban J connectivity index is 1.99. The maximum Gasteiger partial charge on any atom is 0.276 e. The third-order valence-corrected chi connectivity index (χ3v) is 6.43. The second kappa shape index (κ2) is 12.5.